The van der Waals surface area contributed by atoms with Gasteiger partial charge in [0.15, 0.2) is 0 Å². The zero-order chi connectivity index (χ0) is 12.8. The maximum atomic E-state index is 10.4. The molecule has 0 amide bonds. The van der Waals surface area contributed by atoms with Crippen LogP contribution in [0.4, 0.5) is 0 Å². The Hall–Kier alpha value is -0.980. The molecule has 18 heavy (non-hydrogen) atoms. The van der Waals surface area contributed by atoms with Gasteiger partial charge in [-0.2, -0.15) is 0 Å². The van der Waals surface area contributed by atoms with Gasteiger partial charge < -0.3 is 10.4 Å². The molecule has 0 saturated carbocycles. The molecule has 1 atom stereocenters. The van der Waals surface area contributed by atoms with Crippen LogP contribution >= 0.6 is 11.3 Å². The standard InChI is InChI=1S/C12H19N3O2S/c16-12(17)7-13-6-10-2-1-4-15(8-10)9-11-14-3-5-18-11/h3,5,10,13H,1-2,4,6-9H2,(H,16,17). The van der Waals surface area contributed by atoms with Crippen LogP contribution in [-0.4, -0.2) is 47.1 Å². The molecule has 6 heteroatoms. The molecule has 2 rings (SSSR count). The highest BCUT2D eigenvalue weighted by atomic mass is 32.1. The quantitative estimate of drug-likeness (QED) is 0.807. The van der Waals surface area contributed by atoms with Crippen molar-refractivity contribution >= 4 is 17.3 Å². The van der Waals surface area contributed by atoms with Gasteiger partial charge >= 0.3 is 5.97 Å². The van der Waals surface area contributed by atoms with Crippen molar-refractivity contribution in [2.24, 2.45) is 5.92 Å². The number of carboxylic acid groups (broad SMARTS) is 1. The summed E-state index contributed by atoms with van der Waals surface area (Å²) in [6.45, 7) is 3.93. The van der Waals surface area contributed by atoms with Crippen molar-refractivity contribution in [2.45, 2.75) is 19.4 Å². The van der Waals surface area contributed by atoms with Crippen molar-refractivity contribution in [3.63, 3.8) is 0 Å². The molecule has 1 aromatic rings. The third-order valence-corrected chi connectivity index (χ3v) is 3.92. The molecule has 1 aliphatic heterocycles. The van der Waals surface area contributed by atoms with Crippen molar-refractivity contribution in [2.75, 3.05) is 26.2 Å². The molecular formula is C12H19N3O2S. The van der Waals surface area contributed by atoms with Crippen LogP contribution in [0.1, 0.15) is 17.8 Å². The molecule has 0 radical (unpaired) electrons. The monoisotopic (exact) mass is 269 g/mol. The molecule has 1 aromatic heterocycles. The summed E-state index contributed by atoms with van der Waals surface area (Å²) in [6, 6.07) is 0. The van der Waals surface area contributed by atoms with Crippen molar-refractivity contribution in [1.82, 2.24) is 15.2 Å². The number of aromatic nitrogens is 1. The van der Waals surface area contributed by atoms with E-state index in [4.69, 9.17) is 5.11 Å². The van der Waals surface area contributed by atoms with E-state index in [2.05, 4.69) is 15.2 Å². The SMILES string of the molecule is O=C(O)CNCC1CCCN(Cc2nccs2)C1. The Balaban J connectivity index is 1.72. The number of likely N-dealkylation sites (tertiary alicyclic amines) is 1. The number of rotatable bonds is 6. The van der Waals surface area contributed by atoms with Gasteiger partial charge in [0.1, 0.15) is 5.01 Å². The number of thiazole rings is 1. The van der Waals surface area contributed by atoms with Gasteiger partial charge in [-0.1, -0.05) is 0 Å². The lowest BCUT2D eigenvalue weighted by Gasteiger charge is -2.32. The van der Waals surface area contributed by atoms with E-state index >= 15 is 0 Å². The van der Waals surface area contributed by atoms with Crippen LogP contribution in [0.2, 0.25) is 0 Å². The number of hydrogen-bond acceptors (Lipinski definition) is 5. The Labute approximate surface area is 111 Å². The van der Waals surface area contributed by atoms with Gasteiger partial charge in [-0.15, -0.1) is 11.3 Å². The number of aliphatic carboxylic acids is 1. The molecule has 0 spiro atoms. The highest BCUT2D eigenvalue weighted by Crippen LogP contribution is 2.18. The predicted octanol–water partition coefficient (Wildman–Crippen LogP) is 1.03. The number of nitrogens with zero attached hydrogens (tertiary/aromatic N) is 2. The van der Waals surface area contributed by atoms with E-state index in [-0.39, 0.29) is 6.54 Å². The summed E-state index contributed by atoms with van der Waals surface area (Å²) in [5.74, 6) is -0.233. The van der Waals surface area contributed by atoms with Crippen LogP contribution in [0.3, 0.4) is 0 Å². The predicted molar refractivity (Wildman–Crippen MR) is 70.6 cm³/mol. The van der Waals surface area contributed by atoms with Crippen LogP contribution < -0.4 is 5.32 Å². The molecule has 0 aromatic carbocycles. The zero-order valence-corrected chi connectivity index (χ0v) is 11.2. The Morgan fingerprint density at radius 1 is 1.67 bits per heavy atom. The summed E-state index contributed by atoms with van der Waals surface area (Å²) in [4.78, 5) is 17.2. The molecule has 0 aliphatic carbocycles. The van der Waals surface area contributed by atoms with E-state index in [1.165, 1.54) is 12.8 Å². The summed E-state index contributed by atoms with van der Waals surface area (Å²) in [5, 5.41) is 14.7. The maximum Gasteiger partial charge on any atom is 0.317 e. The van der Waals surface area contributed by atoms with Crippen molar-refractivity contribution in [3.8, 4) is 0 Å². The fourth-order valence-electron chi connectivity index (χ4n) is 2.37. The number of nitrogens with one attached hydrogen (secondary N) is 1. The average molecular weight is 269 g/mol. The summed E-state index contributed by atoms with van der Waals surface area (Å²) in [6.07, 6.45) is 4.21. The van der Waals surface area contributed by atoms with Crippen LogP contribution in [-0.2, 0) is 11.3 Å². The summed E-state index contributed by atoms with van der Waals surface area (Å²) >= 11 is 1.69. The second-order valence-electron chi connectivity index (χ2n) is 4.69. The van der Waals surface area contributed by atoms with Gasteiger partial charge in [0.25, 0.3) is 0 Å². The fourth-order valence-corrected chi connectivity index (χ4v) is 3.02. The zero-order valence-electron chi connectivity index (χ0n) is 10.3. The summed E-state index contributed by atoms with van der Waals surface area (Å²) in [7, 11) is 0. The summed E-state index contributed by atoms with van der Waals surface area (Å²) < 4.78 is 0. The number of piperidine rings is 1. The van der Waals surface area contributed by atoms with Crippen LogP contribution in [0.25, 0.3) is 0 Å². The molecule has 0 bridgehead atoms. The largest absolute Gasteiger partial charge is 0.480 e. The first-order chi connectivity index (χ1) is 8.74. The molecule has 5 nitrogen and oxygen atoms in total. The normalized spacial score (nSPS) is 21.0. The highest BCUT2D eigenvalue weighted by molar-refractivity contribution is 7.09. The fraction of sp³-hybridized carbons (Fsp3) is 0.667. The van der Waals surface area contributed by atoms with Crippen LogP contribution in [0, 0.1) is 5.92 Å². The van der Waals surface area contributed by atoms with Crippen molar-refractivity contribution < 1.29 is 9.90 Å². The van der Waals surface area contributed by atoms with Gasteiger partial charge in [-0.25, -0.2) is 4.98 Å². The van der Waals surface area contributed by atoms with Gasteiger partial charge in [-0.3, -0.25) is 9.69 Å². The second kappa shape index (κ2) is 6.82. The second-order valence-corrected chi connectivity index (χ2v) is 5.67. The van der Waals surface area contributed by atoms with Crippen LogP contribution in [0.15, 0.2) is 11.6 Å². The van der Waals surface area contributed by atoms with Crippen molar-refractivity contribution in [3.05, 3.63) is 16.6 Å². The number of hydrogen-bond donors (Lipinski definition) is 2. The minimum atomic E-state index is -0.787. The van der Waals surface area contributed by atoms with Gasteiger partial charge in [-0.05, 0) is 31.8 Å². The van der Waals surface area contributed by atoms with E-state index < -0.39 is 5.97 Å². The maximum absolute atomic E-state index is 10.4. The minimum absolute atomic E-state index is 0.0585. The lowest BCUT2D eigenvalue weighted by molar-refractivity contribution is -0.136. The molecule has 2 N–H and O–H groups in total. The average Bonchev–Trinajstić information content (AvgIpc) is 2.82. The van der Waals surface area contributed by atoms with Crippen molar-refractivity contribution in [1.29, 1.82) is 0 Å². The number of carboxylic acids is 1. The first kappa shape index (κ1) is 13.5. The Kier molecular flexibility index (Phi) is 5.10. The minimum Gasteiger partial charge on any atom is -0.480 e. The molecule has 2 heterocycles. The third kappa shape index (κ3) is 4.36. The van der Waals surface area contributed by atoms with Gasteiger partial charge in [0, 0.05) is 18.1 Å². The first-order valence-corrected chi connectivity index (χ1v) is 7.15. The summed E-state index contributed by atoms with van der Waals surface area (Å²) in [5.41, 5.74) is 0. The Morgan fingerprint density at radius 2 is 2.56 bits per heavy atom. The lowest BCUT2D eigenvalue weighted by atomic mass is 9.98. The van der Waals surface area contributed by atoms with E-state index in [0.29, 0.717) is 5.92 Å². The van der Waals surface area contributed by atoms with E-state index in [0.717, 1.165) is 31.2 Å². The van der Waals surface area contributed by atoms with Crippen LogP contribution in [0.5, 0.6) is 0 Å². The van der Waals surface area contributed by atoms with E-state index in [1.807, 2.05) is 11.6 Å². The molecule has 1 saturated heterocycles. The molecule has 1 fully saturated rings. The van der Waals surface area contributed by atoms with Gasteiger partial charge in [0.2, 0.25) is 0 Å². The Bertz CT molecular complexity index is 369. The topological polar surface area (TPSA) is 65.5 Å². The van der Waals surface area contributed by atoms with E-state index in [1.54, 1.807) is 11.3 Å². The Morgan fingerprint density at radius 3 is 3.28 bits per heavy atom. The number of carbonyl (C=O) groups is 1. The first-order valence-electron chi connectivity index (χ1n) is 6.27. The molecule has 1 unspecified atom stereocenters. The third-order valence-electron chi connectivity index (χ3n) is 3.15. The smallest absolute Gasteiger partial charge is 0.317 e. The lowest BCUT2D eigenvalue weighted by Crippen LogP contribution is -2.40. The molecule has 100 valence electrons. The van der Waals surface area contributed by atoms with Gasteiger partial charge in [0.05, 0.1) is 13.1 Å². The molecule has 1 aliphatic rings. The van der Waals surface area contributed by atoms with E-state index in [9.17, 15) is 4.79 Å². The molecular weight excluding hydrogens is 250 g/mol. The highest BCUT2D eigenvalue weighted by Gasteiger charge is 2.20.